The Balaban J connectivity index is 4.33. The highest BCUT2D eigenvalue weighted by molar-refractivity contribution is 4.99. The Morgan fingerprint density at radius 2 is 1.89 bits per heavy atom. The fourth-order valence-corrected chi connectivity index (χ4v) is 0.644. The van der Waals surface area contributed by atoms with Crippen molar-refractivity contribution in [3.8, 4) is 0 Å². The van der Waals surface area contributed by atoms with Gasteiger partial charge < -0.3 is 4.74 Å². The molecule has 0 saturated carbocycles. The van der Waals surface area contributed by atoms with E-state index >= 15 is 0 Å². The van der Waals surface area contributed by atoms with Gasteiger partial charge in [0.2, 0.25) is 0 Å². The fourth-order valence-electron chi connectivity index (χ4n) is 0.644. The van der Waals surface area contributed by atoms with Crippen LogP contribution in [0.15, 0.2) is 18.1 Å². The molecule has 1 nitrogen and oxygen atoms in total. The summed E-state index contributed by atoms with van der Waals surface area (Å²) in [5.41, 5.74) is 2.77. The Morgan fingerprint density at radius 1 is 1.44 bits per heavy atom. The van der Waals surface area contributed by atoms with Crippen LogP contribution in [0.1, 0.15) is 20.8 Å². The molecule has 0 aromatic rings. The monoisotopic (exact) mass is 126 g/mol. The van der Waals surface area contributed by atoms with Crippen LogP contribution < -0.4 is 0 Å². The zero-order chi connectivity index (χ0) is 7.49. The second-order valence-corrected chi connectivity index (χ2v) is 2.96. The Morgan fingerprint density at radius 3 is 1.89 bits per heavy atom. The molecular weight excluding hydrogens is 112 g/mol. The minimum atomic E-state index is 0.0382. The first-order valence-electron chi connectivity index (χ1n) is 2.97. The lowest BCUT2D eigenvalue weighted by atomic mass is 9.94. The SMILES string of the molecule is C=C=C(OC)C(C)(C)C. The molecule has 0 N–H and O–H groups in total. The van der Waals surface area contributed by atoms with Gasteiger partial charge in [0.1, 0.15) is 5.76 Å². The first-order valence-corrected chi connectivity index (χ1v) is 2.97. The molecule has 0 aliphatic rings. The Bertz CT molecular complexity index is 133. The molecule has 1 heteroatoms. The van der Waals surface area contributed by atoms with Gasteiger partial charge >= 0.3 is 0 Å². The molecule has 0 spiro atoms. The van der Waals surface area contributed by atoms with Crippen molar-refractivity contribution in [2.75, 3.05) is 7.11 Å². The van der Waals surface area contributed by atoms with E-state index in [2.05, 4.69) is 33.1 Å². The maximum atomic E-state index is 5.01. The Kier molecular flexibility index (Phi) is 2.54. The van der Waals surface area contributed by atoms with Crippen molar-refractivity contribution in [2.45, 2.75) is 20.8 Å². The van der Waals surface area contributed by atoms with Crippen LogP contribution >= 0.6 is 0 Å². The summed E-state index contributed by atoms with van der Waals surface area (Å²) in [5.74, 6) is 0.808. The van der Waals surface area contributed by atoms with Gasteiger partial charge in [-0.2, -0.15) is 0 Å². The van der Waals surface area contributed by atoms with Crippen LogP contribution in [0.5, 0.6) is 0 Å². The Labute approximate surface area is 57.0 Å². The molecule has 0 aromatic carbocycles. The molecule has 9 heavy (non-hydrogen) atoms. The van der Waals surface area contributed by atoms with Gasteiger partial charge in [0.25, 0.3) is 0 Å². The van der Waals surface area contributed by atoms with Crippen LogP contribution in [0.3, 0.4) is 0 Å². The second-order valence-electron chi connectivity index (χ2n) is 2.96. The van der Waals surface area contributed by atoms with Crippen LogP contribution in [-0.4, -0.2) is 7.11 Å². The zero-order valence-electron chi connectivity index (χ0n) is 6.62. The van der Waals surface area contributed by atoms with E-state index in [1.54, 1.807) is 7.11 Å². The lowest BCUT2D eigenvalue weighted by Gasteiger charge is -2.18. The third-order valence-electron chi connectivity index (χ3n) is 1.05. The quantitative estimate of drug-likeness (QED) is 0.387. The summed E-state index contributed by atoms with van der Waals surface area (Å²) in [6.45, 7) is 9.69. The minimum absolute atomic E-state index is 0.0382. The lowest BCUT2D eigenvalue weighted by Crippen LogP contribution is -2.09. The van der Waals surface area contributed by atoms with E-state index in [9.17, 15) is 0 Å². The summed E-state index contributed by atoms with van der Waals surface area (Å²) in [4.78, 5) is 0. The molecule has 0 bridgehead atoms. The summed E-state index contributed by atoms with van der Waals surface area (Å²) < 4.78 is 5.01. The first-order chi connectivity index (χ1) is 4.02. The number of rotatable bonds is 1. The number of methoxy groups -OCH3 is 1. The predicted octanol–water partition coefficient (Wildman–Crippen LogP) is 2.35. The molecular formula is C8H14O. The molecule has 52 valence electrons. The summed E-state index contributed by atoms with van der Waals surface area (Å²) in [6.07, 6.45) is 0. The molecule has 0 fully saturated rings. The van der Waals surface area contributed by atoms with Gasteiger partial charge in [-0.15, -0.1) is 0 Å². The molecule has 0 aromatic heterocycles. The average Bonchev–Trinajstić information content (AvgIpc) is 1.65. The topological polar surface area (TPSA) is 9.23 Å². The largest absolute Gasteiger partial charge is 0.493 e. The van der Waals surface area contributed by atoms with E-state index in [0.717, 1.165) is 5.76 Å². The van der Waals surface area contributed by atoms with Gasteiger partial charge in [-0.25, -0.2) is 0 Å². The van der Waals surface area contributed by atoms with E-state index < -0.39 is 0 Å². The van der Waals surface area contributed by atoms with Gasteiger partial charge in [-0.05, 0) is 0 Å². The molecule has 0 aliphatic heterocycles. The average molecular weight is 126 g/mol. The minimum Gasteiger partial charge on any atom is -0.493 e. The van der Waals surface area contributed by atoms with Crippen molar-refractivity contribution in [1.82, 2.24) is 0 Å². The van der Waals surface area contributed by atoms with Gasteiger partial charge in [-0.3, -0.25) is 0 Å². The maximum Gasteiger partial charge on any atom is 0.142 e. The second kappa shape index (κ2) is 2.75. The van der Waals surface area contributed by atoms with Crippen LogP contribution in [-0.2, 0) is 4.74 Å². The number of ether oxygens (including phenoxy) is 1. The van der Waals surface area contributed by atoms with Crippen molar-refractivity contribution in [2.24, 2.45) is 5.41 Å². The third-order valence-corrected chi connectivity index (χ3v) is 1.05. The molecule has 0 rings (SSSR count). The molecule has 0 amide bonds. The summed E-state index contributed by atoms with van der Waals surface area (Å²) in [6, 6.07) is 0. The standard InChI is InChI=1S/C8H14O/c1-6-7(9-5)8(2,3)4/h1H2,2-5H3. The van der Waals surface area contributed by atoms with Gasteiger partial charge in [0, 0.05) is 5.41 Å². The van der Waals surface area contributed by atoms with Gasteiger partial charge in [0.15, 0.2) is 0 Å². The highest BCUT2D eigenvalue weighted by Gasteiger charge is 2.16. The van der Waals surface area contributed by atoms with E-state index in [-0.39, 0.29) is 5.41 Å². The summed E-state index contributed by atoms with van der Waals surface area (Å²) in [5, 5.41) is 0. The highest BCUT2D eigenvalue weighted by Crippen LogP contribution is 2.23. The predicted molar refractivity (Wildman–Crippen MR) is 39.1 cm³/mol. The molecule has 0 atom stereocenters. The smallest absolute Gasteiger partial charge is 0.142 e. The lowest BCUT2D eigenvalue weighted by molar-refractivity contribution is 0.208. The molecule has 0 radical (unpaired) electrons. The van der Waals surface area contributed by atoms with E-state index in [0.29, 0.717) is 0 Å². The third kappa shape index (κ3) is 2.39. The number of allylic oxidation sites excluding steroid dienone is 1. The van der Waals surface area contributed by atoms with Crippen molar-refractivity contribution in [1.29, 1.82) is 0 Å². The van der Waals surface area contributed by atoms with Crippen LogP contribution in [0.4, 0.5) is 0 Å². The number of hydrogen-bond donors (Lipinski definition) is 0. The molecule has 0 aliphatic carbocycles. The van der Waals surface area contributed by atoms with Crippen LogP contribution in [0.25, 0.3) is 0 Å². The van der Waals surface area contributed by atoms with Crippen LogP contribution in [0, 0.1) is 5.41 Å². The van der Waals surface area contributed by atoms with E-state index in [1.807, 2.05) is 0 Å². The normalized spacial score (nSPS) is 10.2. The van der Waals surface area contributed by atoms with Crippen molar-refractivity contribution < 1.29 is 4.74 Å². The number of hydrogen-bond acceptors (Lipinski definition) is 1. The Hall–Kier alpha value is -0.680. The van der Waals surface area contributed by atoms with Crippen molar-refractivity contribution in [3.05, 3.63) is 18.1 Å². The molecule has 0 unspecified atom stereocenters. The van der Waals surface area contributed by atoms with E-state index in [4.69, 9.17) is 4.74 Å². The maximum absolute atomic E-state index is 5.01. The van der Waals surface area contributed by atoms with Crippen molar-refractivity contribution in [3.63, 3.8) is 0 Å². The first kappa shape index (κ1) is 8.32. The van der Waals surface area contributed by atoms with E-state index in [1.165, 1.54) is 0 Å². The fraction of sp³-hybridized carbons (Fsp3) is 0.625. The highest BCUT2D eigenvalue weighted by atomic mass is 16.5. The van der Waals surface area contributed by atoms with Crippen molar-refractivity contribution >= 4 is 0 Å². The van der Waals surface area contributed by atoms with Gasteiger partial charge in [-0.1, -0.05) is 33.1 Å². The summed E-state index contributed by atoms with van der Waals surface area (Å²) >= 11 is 0. The summed E-state index contributed by atoms with van der Waals surface area (Å²) in [7, 11) is 1.64. The zero-order valence-corrected chi connectivity index (χ0v) is 6.62. The molecule has 0 saturated heterocycles. The molecule has 0 heterocycles. The van der Waals surface area contributed by atoms with Crippen LogP contribution in [0.2, 0.25) is 0 Å². The van der Waals surface area contributed by atoms with Gasteiger partial charge in [0.05, 0.1) is 7.11 Å².